The van der Waals surface area contributed by atoms with Crippen molar-refractivity contribution in [3.8, 4) is 60.9 Å². The molecule has 0 unspecified atom stereocenters. The summed E-state index contributed by atoms with van der Waals surface area (Å²) >= 11 is 1.89. The lowest BCUT2D eigenvalue weighted by Gasteiger charge is -2.13. The molecular weight excluding hydrogens is 649 g/mol. The Hall–Kier alpha value is -6.55. The highest BCUT2D eigenvalue weighted by molar-refractivity contribution is 7.24. The SMILES string of the molecule is c1ccc(-c2ccc(-c3cc(-c4ccccc4)nc(-n4c5ccccc5c5c6sc(-c7ccccc7)c(-c7ccccc7)c6ccc54)c3)cc2)cc1. The Bertz CT molecular complexity index is 2850. The molecule has 0 saturated carbocycles. The van der Waals surface area contributed by atoms with Crippen molar-refractivity contribution < 1.29 is 0 Å². The smallest absolute Gasteiger partial charge is 0.138 e. The highest BCUT2D eigenvalue weighted by Gasteiger charge is 2.22. The van der Waals surface area contributed by atoms with Crippen LogP contribution in [0.5, 0.6) is 0 Å². The Labute approximate surface area is 306 Å². The molecule has 0 N–H and O–H groups in total. The summed E-state index contributed by atoms with van der Waals surface area (Å²) in [6.45, 7) is 0. The first kappa shape index (κ1) is 30.3. The van der Waals surface area contributed by atoms with Gasteiger partial charge >= 0.3 is 0 Å². The van der Waals surface area contributed by atoms with Crippen LogP contribution in [0.3, 0.4) is 0 Å². The van der Waals surface area contributed by atoms with E-state index in [0.717, 1.165) is 39.2 Å². The minimum Gasteiger partial charge on any atom is -0.294 e. The summed E-state index contributed by atoms with van der Waals surface area (Å²) in [5.41, 5.74) is 12.8. The predicted octanol–water partition coefficient (Wildman–Crippen LogP) is 13.7. The summed E-state index contributed by atoms with van der Waals surface area (Å²) in [4.78, 5) is 6.69. The van der Waals surface area contributed by atoms with E-state index in [0.29, 0.717) is 0 Å². The van der Waals surface area contributed by atoms with E-state index >= 15 is 0 Å². The van der Waals surface area contributed by atoms with Crippen LogP contribution >= 0.6 is 11.3 Å². The highest BCUT2D eigenvalue weighted by Crippen LogP contribution is 2.49. The lowest BCUT2D eigenvalue weighted by atomic mass is 9.98. The molecular formula is C49H32N2S. The molecule has 3 heteroatoms. The minimum absolute atomic E-state index is 0.900. The van der Waals surface area contributed by atoms with Gasteiger partial charge in [-0.2, -0.15) is 0 Å². The van der Waals surface area contributed by atoms with Crippen LogP contribution in [0.15, 0.2) is 194 Å². The number of pyridine rings is 1. The van der Waals surface area contributed by atoms with E-state index < -0.39 is 0 Å². The molecule has 52 heavy (non-hydrogen) atoms. The van der Waals surface area contributed by atoms with Crippen LogP contribution in [0.1, 0.15) is 0 Å². The fraction of sp³-hybridized carbons (Fsp3) is 0. The molecule has 0 bridgehead atoms. The number of aromatic nitrogens is 2. The lowest BCUT2D eigenvalue weighted by molar-refractivity contribution is 1.08. The van der Waals surface area contributed by atoms with Gasteiger partial charge in [0.15, 0.2) is 0 Å². The van der Waals surface area contributed by atoms with Crippen molar-refractivity contribution in [2.24, 2.45) is 0 Å². The molecule has 3 aromatic heterocycles. The normalized spacial score (nSPS) is 11.5. The number of para-hydroxylation sites is 1. The van der Waals surface area contributed by atoms with Gasteiger partial charge in [-0.1, -0.05) is 170 Å². The maximum atomic E-state index is 5.40. The van der Waals surface area contributed by atoms with Crippen molar-refractivity contribution in [1.82, 2.24) is 9.55 Å². The molecule has 244 valence electrons. The number of rotatable bonds is 6. The summed E-state index contributed by atoms with van der Waals surface area (Å²) < 4.78 is 3.66. The molecule has 7 aromatic carbocycles. The number of nitrogens with zero attached hydrogens (tertiary/aromatic N) is 2. The summed E-state index contributed by atoms with van der Waals surface area (Å²) in [7, 11) is 0. The van der Waals surface area contributed by atoms with Gasteiger partial charge in [0.1, 0.15) is 5.82 Å². The molecule has 0 atom stereocenters. The van der Waals surface area contributed by atoms with Crippen molar-refractivity contribution in [2.75, 3.05) is 0 Å². The van der Waals surface area contributed by atoms with E-state index in [4.69, 9.17) is 4.98 Å². The third kappa shape index (κ3) is 5.14. The molecule has 10 aromatic rings. The monoisotopic (exact) mass is 680 g/mol. The van der Waals surface area contributed by atoms with Gasteiger partial charge in [-0.15, -0.1) is 11.3 Å². The van der Waals surface area contributed by atoms with Gasteiger partial charge in [0.25, 0.3) is 0 Å². The molecule has 0 aliphatic carbocycles. The molecule has 3 heterocycles. The average Bonchev–Trinajstić information content (AvgIpc) is 3.79. The third-order valence-electron chi connectivity index (χ3n) is 10.0. The molecule has 0 amide bonds. The van der Waals surface area contributed by atoms with Crippen molar-refractivity contribution in [1.29, 1.82) is 0 Å². The zero-order valence-electron chi connectivity index (χ0n) is 28.3. The average molecular weight is 681 g/mol. The van der Waals surface area contributed by atoms with Gasteiger partial charge in [-0.25, -0.2) is 4.98 Å². The minimum atomic E-state index is 0.900. The number of thiophene rings is 1. The first-order valence-corrected chi connectivity index (χ1v) is 18.4. The fourth-order valence-electron chi connectivity index (χ4n) is 7.58. The van der Waals surface area contributed by atoms with Crippen molar-refractivity contribution in [2.45, 2.75) is 0 Å². The lowest BCUT2D eigenvalue weighted by Crippen LogP contribution is -2.00. The van der Waals surface area contributed by atoms with Gasteiger partial charge in [0, 0.05) is 36.9 Å². The molecule has 0 fully saturated rings. The summed E-state index contributed by atoms with van der Waals surface area (Å²) in [5, 5.41) is 3.76. The number of benzene rings is 7. The zero-order chi connectivity index (χ0) is 34.4. The van der Waals surface area contributed by atoms with Crippen LogP contribution in [0.25, 0.3) is 92.8 Å². The van der Waals surface area contributed by atoms with Crippen LogP contribution < -0.4 is 0 Å². The quantitative estimate of drug-likeness (QED) is 0.171. The van der Waals surface area contributed by atoms with Gasteiger partial charge < -0.3 is 0 Å². The van der Waals surface area contributed by atoms with E-state index in [1.165, 1.54) is 53.6 Å². The van der Waals surface area contributed by atoms with Crippen LogP contribution in [0.2, 0.25) is 0 Å². The standard InChI is InChI=1S/C49H32N2S/c1-5-15-33(16-6-1)34-25-27-35(28-26-34)39-31-42(36-17-7-2-8-18-36)50-45(32-39)51-43-24-14-13-23-40(43)47-44(51)30-29-41-46(37-19-9-3-10-20-37)48(52-49(41)47)38-21-11-4-12-22-38/h1-32H. The highest BCUT2D eigenvalue weighted by atomic mass is 32.1. The van der Waals surface area contributed by atoms with Crippen LogP contribution in [-0.4, -0.2) is 9.55 Å². The van der Waals surface area contributed by atoms with E-state index in [9.17, 15) is 0 Å². The van der Waals surface area contributed by atoms with Gasteiger partial charge in [-0.05, 0) is 57.6 Å². The van der Waals surface area contributed by atoms with E-state index in [1.807, 2.05) is 11.3 Å². The third-order valence-corrected chi connectivity index (χ3v) is 11.3. The van der Waals surface area contributed by atoms with Crippen LogP contribution in [0.4, 0.5) is 0 Å². The number of hydrogen-bond donors (Lipinski definition) is 0. The topological polar surface area (TPSA) is 17.8 Å². The Balaban J connectivity index is 1.23. The Kier molecular flexibility index (Phi) is 7.37. The predicted molar refractivity (Wildman–Crippen MR) is 221 cm³/mol. The Morgan fingerprint density at radius 2 is 0.923 bits per heavy atom. The number of fused-ring (bicyclic) bond motifs is 5. The maximum absolute atomic E-state index is 5.40. The summed E-state index contributed by atoms with van der Waals surface area (Å²) in [6.07, 6.45) is 0. The molecule has 0 saturated heterocycles. The Morgan fingerprint density at radius 1 is 0.385 bits per heavy atom. The summed E-state index contributed by atoms with van der Waals surface area (Å²) in [5.74, 6) is 0.900. The van der Waals surface area contributed by atoms with Crippen LogP contribution in [-0.2, 0) is 0 Å². The zero-order valence-corrected chi connectivity index (χ0v) is 29.1. The van der Waals surface area contributed by atoms with E-state index in [1.54, 1.807) is 0 Å². The second-order valence-corrected chi connectivity index (χ2v) is 14.2. The first-order chi connectivity index (χ1) is 25.8. The molecule has 0 aliphatic rings. The van der Waals surface area contributed by atoms with Gasteiger partial charge in [-0.3, -0.25) is 4.57 Å². The molecule has 2 nitrogen and oxygen atoms in total. The molecule has 0 aliphatic heterocycles. The van der Waals surface area contributed by atoms with E-state index in [2.05, 4.69) is 199 Å². The van der Waals surface area contributed by atoms with Crippen molar-refractivity contribution in [3.05, 3.63) is 194 Å². The van der Waals surface area contributed by atoms with Crippen molar-refractivity contribution in [3.63, 3.8) is 0 Å². The second-order valence-electron chi connectivity index (χ2n) is 13.1. The maximum Gasteiger partial charge on any atom is 0.138 e. The van der Waals surface area contributed by atoms with Crippen LogP contribution in [0, 0.1) is 0 Å². The summed E-state index contributed by atoms with van der Waals surface area (Å²) in [6, 6.07) is 69.5. The number of hydrogen-bond acceptors (Lipinski definition) is 2. The second kappa shape index (κ2) is 12.6. The Morgan fingerprint density at radius 3 is 1.60 bits per heavy atom. The van der Waals surface area contributed by atoms with Crippen molar-refractivity contribution >= 4 is 43.2 Å². The molecule has 10 rings (SSSR count). The largest absolute Gasteiger partial charge is 0.294 e. The molecule has 0 spiro atoms. The first-order valence-electron chi connectivity index (χ1n) is 17.6. The van der Waals surface area contributed by atoms with Gasteiger partial charge in [0.05, 0.1) is 16.7 Å². The fourth-order valence-corrected chi connectivity index (χ4v) is 8.96. The van der Waals surface area contributed by atoms with E-state index in [-0.39, 0.29) is 0 Å². The molecule has 0 radical (unpaired) electrons. The van der Waals surface area contributed by atoms with Gasteiger partial charge in [0.2, 0.25) is 0 Å².